The molecule has 26 heavy (non-hydrogen) atoms. The molecule has 5 nitrogen and oxygen atoms in total. The molecule has 1 aliphatic rings. The molecule has 0 aliphatic carbocycles. The average molecular weight is 372 g/mol. The number of thiophene rings is 1. The second-order valence-corrected chi connectivity index (χ2v) is 7.65. The predicted molar refractivity (Wildman–Crippen MR) is 104 cm³/mol. The lowest BCUT2D eigenvalue weighted by Crippen LogP contribution is -2.52. The molecule has 3 rings (SSSR count). The molecule has 0 bridgehead atoms. The summed E-state index contributed by atoms with van der Waals surface area (Å²) in [6.45, 7) is 2.09. The lowest BCUT2D eigenvalue weighted by Gasteiger charge is -2.34. The normalized spacial score (nSPS) is 16.3. The molecule has 3 N–H and O–H groups in total. The summed E-state index contributed by atoms with van der Waals surface area (Å²) in [7, 11) is 0. The van der Waals surface area contributed by atoms with Gasteiger partial charge in [-0.3, -0.25) is 9.59 Å². The van der Waals surface area contributed by atoms with Gasteiger partial charge in [0.1, 0.15) is 6.04 Å². The standard InChI is InChI=1S/C20H25N3O2S/c21-14-16-8-10-23(11-9-16)20(25)17(13-15-5-2-1-3-6-15)22-19(24)18-7-4-12-26-18/h1-7,12,16-17H,8-11,13-14,21H2,(H,22,24). The van der Waals surface area contributed by atoms with Crippen molar-refractivity contribution in [3.05, 3.63) is 58.3 Å². The van der Waals surface area contributed by atoms with Gasteiger partial charge in [0.15, 0.2) is 0 Å². The zero-order valence-electron chi connectivity index (χ0n) is 14.8. The van der Waals surface area contributed by atoms with Gasteiger partial charge >= 0.3 is 0 Å². The van der Waals surface area contributed by atoms with Crippen LogP contribution in [0.3, 0.4) is 0 Å². The number of carbonyl (C=O) groups is 2. The minimum absolute atomic E-state index is 0.00534. The minimum Gasteiger partial charge on any atom is -0.341 e. The van der Waals surface area contributed by atoms with Crippen molar-refractivity contribution in [1.82, 2.24) is 10.2 Å². The number of nitrogens with zero attached hydrogens (tertiary/aromatic N) is 1. The highest BCUT2D eigenvalue weighted by atomic mass is 32.1. The number of likely N-dealkylation sites (tertiary alicyclic amines) is 1. The number of amides is 2. The molecular weight excluding hydrogens is 346 g/mol. The number of piperidine rings is 1. The maximum Gasteiger partial charge on any atom is 0.262 e. The highest BCUT2D eigenvalue weighted by Gasteiger charge is 2.29. The van der Waals surface area contributed by atoms with E-state index in [1.165, 1.54) is 11.3 Å². The van der Waals surface area contributed by atoms with Crippen LogP contribution in [0.25, 0.3) is 0 Å². The Hall–Kier alpha value is -2.18. The molecule has 0 saturated carbocycles. The fourth-order valence-electron chi connectivity index (χ4n) is 3.30. The molecule has 1 fully saturated rings. The van der Waals surface area contributed by atoms with E-state index < -0.39 is 6.04 Å². The summed E-state index contributed by atoms with van der Waals surface area (Å²) < 4.78 is 0. The van der Waals surface area contributed by atoms with Crippen LogP contribution < -0.4 is 11.1 Å². The van der Waals surface area contributed by atoms with Crippen LogP contribution in [0.15, 0.2) is 47.8 Å². The highest BCUT2D eigenvalue weighted by molar-refractivity contribution is 7.12. The molecule has 2 heterocycles. The van der Waals surface area contributed by atoms with Crippen molar-refractivity contribution in [2.24, 2.45) is 11.7 Å². The van der Waals surface area contributed by atoms with Crippen molar-refractivity contribution < 1.29 is 9.59 Å². The van der Waals surface area contributed by atoms with Gasteiger partial charge in [0.2, 0.25) is 5.91 Å². The Bertz CT molecular complexity index is 710. The molecule has 1 saturated heterocycles. The first kappa shape index (κ1) is 18.6. The van der Waals surface area contributed by atoms with Gasteiger partial charge in [0.25, 0.3) is 5.91 Å². The third-order valence-corrected chi connectivity index (χ3v) is 5.76. The van der Waals surface area contributed by atoms with Crippen LogP contribution in [-0.2, 0) is 11.2 Å². The second-order valence-electron chi connectivity index (χ2n) is 6.70. The minimum atomic E-state index is -0.554. The molecule has 1 aromatic heterocycles. The number of benzene rings is 1. The van der Waals surface area contributed by atoms with Crippen molar-refractivity contribution >= 4 is 23.2 Å². The Morgan fingerprint density at radius 1 is 1.15 bits per heavy atom. The first-order valence-electron chi connectivity index (χ1n) is 9.04. The number of carbonyl (C=O) groups excluding carboxylic acids is 2. The van der Waals surface area contributed by atoms with E-state index in [0.29, 0.717) is 36.9 Å². The molecular formula is C20H25N3O2S. The quantitative estimate of drug-likeness (QED) is 0.818. The Labute approximate surface area is 158 Å². The zero-order valence-corrected chi connectivity index (χ0v) is 15.6. The smallest absolute Gasteiger partial charge is 0.262 e. The van der Waals surface area contributed by atoms with Crippen LogP contribution in [0.1, 0.15) is 28.1 Å². The largest absolute Gasteiger partial charge is 0.341 e. The average Bonchev–Trinajstić information content (AvgIpc) is 3.23. The molecule has 0 spiro atoms. The molecule has 6 heteroatoms. The summed E-state index contributed by atoms with van der Waals surface area (Å²) in [5, 5.41) is 4.81. The number of nitrogens with one attached hydrogen (secondary N) is 1. The van der Waals surface area contributed by atoms with Gasteiger partial charge in [-0.2, -0.15) is 0 Å². The lowest BCUT2D eigenvalue weighted by molar-refractivity contribution is -0.134. The second kappa shape index (κ2) is 8.96. The van der Waals surface area contributed by atoms with E-state index in [1.54, 1.807) is 6.07 Å². The molecule has 0 radical (unpaired) electrons. The van der Waals surface area contributed by atoms with Gasteiger partial charge in [-0.05, 0) is 42.3 Å². The van der Waals surface area contributed by atoms with Crippen LogP contribution >= 0.6 is 11.3 Å². The lowest BCUT2D eigenvalue weighted by atomic mass is 9.96. The van der Waals surface area contributed by atoms with Crippen molar-refractivity contribution in [3.63, 3.8) is 0 Å². The summed E-state index contributed by atoms with van der Waals surface area (Å²) in [6, 6.07) is 12.9. The zero-order chi connectivity index (χ0) is 18.4. The molecule has 138 valence electrons. The Kier molecular flexibility index (Phi) is 6.41. The summed E-state index contributed by atoms with van der Waals surface area (Å²) in [4.78, 5) is 28.1. The Morgan fingerprint density at radius 3 is 2.50 bits per heavy atom. The third kappa shape index (κ3) is 4.71. The van der Waals surface area contributed by atoms with E-state index in [2.05, 4.69) is 5.32 Å². The first-order valence-corrected chi connectivity index (χ1v) is 9.92. The van der Waals surface area contributed by atoms with Gasteiger partial charge in [0, 0.05) is 19.5 Å². The highest BCUT2D eigenvalue weighted by Crippen LogP contribution is 2.18. The number of hydrogen-bond donors (Lipinski definition) is 2. The van der Waals surface area contributed by atoms with Crippen LogP contribution in [0.5, 0.6) is 0 Å². The van der Waals surface area contributed by atoms with Crippen molar-refractivity contribution in [3.8, 4) is 0 Å². The monoisotopic (exact) mass is 371 g/mol. The van der Waals surface area contributed by atoms with E-state index >= 15 is 0 Å². The van der Waals surface area contributed by atoms with Crippen LogP contribution in [0, 0.1) is 5.92 Å². The number of rotatable bonds is 6. The fraction of sp³-hybridized carbons (Fsp3) is 0.400. The third-order valence-electron chi connectivity index (χ3n) is 4.89. The molecule has 2 aromatic rings. The molecule has 2 amide bonds. The van der Waals surface area contributed by atoms with E-state index in [1.807, 2.05) is 46.7 Å². The molecule has 1 aromatic carbocycles. The molecule has 1 atom stereocenters. The first-order chi connectivity index (χ1) is 12.7. The van der Waals surface area contributed by atoms with Gasteiger partial charge < -0.3 is 16.0 Å². The van der Waals surface area contributed by atoms with Crippen molar-refractivity contribution in [1.29, 1.82) is 0 Å². The van der Waals surface area contributed by atoms with Crippen molar-refractivity contribution in [2.75, 3.05) is 19.6 Å². The summed E-state index contributed by atoms with van der Waals surface area (Å²) in [6.07, 6.45) is 2.35. The van der Waals surface area contributed by atoms with Gasteiger partial charge in [-0.1, -0.05) is 36.4 Å². The Morgan fingerprint density at radius 2 is 1.88 bits per heavy atom. The van der Waals surface area contributed by atoms with Crippen LogP contribution in [0.2, 0.25) is 0 Å². The van der Waals surface area contributed by atoms with E-state index in [4.69, 9.17) is 5.73 Å². The van der Waals surface area contributed by atoms with E-state index in [0.717, 1.165) is 18.4 Å². The van der Waals surface area contributed by atoms with Gasteiger partial charge in [-0.25, -0.2) is 0 Å². The van der Waals surface area contributed by atoms with Gasteiger partial charge in [0.05, 0.1) is 4.88 Å². The summed E-state index contributed by atoms with van der Waals surface area (Å²) in [5.41, 5.74) is 6.78. The van der Waals surface area contributed by atoms with Gasteiger partial charge in [-0.15, -0.1) is 11.3 Å². The molecule has 1 unspecified atom stereocenters. The number of nitrogens with two attached hydrogens (primary N) is 1. The maximum atomic E-state index is 13.1. The SMILES string of the molecule is NCC1CCN(C(=O)C(Cc2ccccc2)NC(=O)c2cccs2)CC1. The van der Waals surface area contributed by atoms with E-state index in [-0.39, 0.29) is 11.8 Å². The topological polar surface area (TPSA) is 75.4 Å². The Balaban J connectivity index is 1.71. The van der Waals surface area contributed by atoms with Crippen LogP contribution in [0.4, 0.5) is 0 Å². The maximum absolute atomic E-state index is 13.1. The fourth-order valence-corrected chi connectivity index (χ4v) is 3.92. The summed E-state index contributed by atoms with van der Waals surface area (Å²) >= 11 is 1.38. The number of hydrogen-bond acceptors (Lipinski definition) is 4. The van der Waals surface area contributed by atoms with E-state index in [9.17, 15) is 9.59 Å². The van der Waals surface area contributed by atoms with Crippen LogP contribution in [-0.4, -0.2) is 42.4 Å². The van der Waals surface area contributed by atoms with Crippen molar-refractivity contribution in [2.45, 2.75) is 25.3 Å². The predicted octanol–water partition coefficient (Wildman–Crippen LogP) is 2.29. The summed E-state index contributed by atoms with van der Waals surface area (Å²) in [5.74, 6) is 0.299. The molecule has 1 aliphatic heterocycles.